The number of aldehydes is 1. The van der Waals surface area contributed by atoms with Gasteiger partial charge in [0.2, 0.25) is 0 Å². The first-order valence-corrected chi connectivity index (χ1v) is 4.44. The Labute approximate surface area is 76.3 Å². The zero-order chi connectivity index (χ0) is 8.81. The molecular formula is C8H11ClN2O. The van der Waals surface area contributed by atoms with Crippen molar-refractivity contribution in [1.29, 1.82) is 0 Å². The molecular weight excluding hydrogens is 176 g/mol. The van der Waals surface area contributed by atoms with E-state index in [0.717, 1.165) is 25.7 Å². The fourth-order valence-corrected chi connectivity index (χ4v) is 1.12. The molecule has 3 nitrogen and oxygen atoms in total. The highest BCUT2D eigenvalue weighted by Crippen LogP contribution is 1.98. The van der Waals surface area contributed by atoms with E-state index in [9.17, 15) is 4.79 Å². The highest BCUT2D eigenvalue weighted by Gasteiger charge is 1.95. The standard InChI is InChI=1S/C8H11ClN2O/c9-3-1-2-4-11-6-8(7-12)5-10-11/h5-7H,1-4H2. The Morgan fingerprint density at radius 1 is 1.58 bits per heavy atom. The number of unbranched alkanes of at least 4 members (excludes halogenated alkanes) is 1. The lowest BCUT2D eigenvalue weighted by molar-refractivity contribution is 0.112. The van der Waals surface area contributed by atoms with E-state index in [0.29, 0.717) is 11.4 Å². The quantitative estimate of drug-likeness (QED) is 0.399. The summed E-state index contributed by atoms with van der Waals surface area (Å²) in [5, 5.41) is 4.00. The van der Waals surface area contributed by atoms with Gasteiger partial charge in [0.25, 0.3) is 0 Å². The van der Waals surface area contributed by atoms with Crippen LogP contribution < -0.4 is 0 Å². The summed E-state index contributed by atoms with van der Waals surface area (Å²) in [5.41, 5.74) is 0.626. The van der Waals surface area contributed by atoms with Crippen molar-refractivity contribution < 1.29 is 4.79 Å². The van der Waals surface area contributed by atoms with E-state index >= 15 is 0 Å². The molecule has 4 heteroatoms. The summed E-state index contributed by atoms with van der Waals surface area (Å²) in [7, 11) is 0. The molecule has 0 unspecified atom stereocenters. The maximum Gasteiger partial charge on any atom is 0.153 e. The molecule has 0 aliphatic heterocycles. The third-order valence-electron chi connectivity index (χ3n) is 1.56. The van der Waals surface area contributed by atoms with E-state index in [-0.39, 0.29) is 0 Å². The van der Waals surface area contributed by atoms with E-state index in [1.807, 2.05) is 0 Å². The molecule has 0 saturated heterocycles. The van der Waals surface area contributed by atoms with Crippen molar-refractivity contribution in [3.8, 4) is 0 Å². The van der Waals surface area contributed by atoms with Crippen LogP contribution in [0.4, 0.5) is 0 Å². The minimum atomic E-state index is 0.626. The van der Waals surface area contributed by atoms with E-state index in [1.54, 1.807) is 17.1 Å². The Kier molecular flexibility index (Phi) is 3.80. The van der Waals surface area contributed by atoms with Gasteiger partial charge in [-0.15, -0.1) is 11.6 Å². The van der Waals surface area contributed by atoms with Gasteiger partial charge >= 0.3 is 0 Å². The number of aryl methyl sites for hydroxylation is 1. The Balaban J connectivity index is 2.36. The summed E-state index contributed by atoms with van der Waals surface area (Å²) in [6, 6.07) is 0. The normalized spacial score (nSPS) is 10.1. The molecule has 0 radical (unpaired) electrons. The SMILES string of the molecule is O=Cc1cnn(CCCCCl)c1. The number of halogens is 1. The van der Waals surface area contributed by atoms with Crippen LogP contribution in [0, 0.1) is 0 Å². The molecule has 66 valence electrons. The number of hydrogen-bond donors (Lipinski definition) is 0. The largest absolute Gasteiger partial charge is 0.298 e. The zero-order valence-electron chi connectivity index (χ0n) is 6.74. The number of hydrogen-bond acceptors (Lipinski definition) is 2. The summed E-state index contributed by atoms with van der Waals surface area (Å²) < 4.78 is 1.76. The Morgan fingerprint density at radius 3 is 3.00 bits per heavy atom. The maximum absolute atomic E-state index is 10.3. The third kappa shape index (κ3) is 2.66. The van der Waals surface area contributed by atoms with Crippen LogP contribution in [0.5, 0.6) is 0 Å². The van der Waals surface area contributed by atoms with Gasteiger partial charge < -0.3 is 0 Å². The van der Waals surface area contributed by atoms with Gasteiger partial charge in [0.1, 0.15) is 0 Å². The lowest BCUT2D eigenvalue weighted by Crippen LogP contribution is -1.98. The third-order valence-corrected chi connectivity index (χ3v) is 1.83. The number of aromatic nitrogens is 2. The molecule has 1 aromatic rings. The van der Waals surface area contributed by atoms with Crippen LogP contribution in [0.3, 0.4) is 0 Å². The van der Waals surface area contributed by atoms with Gasteiger partial charge in [-0.3, -0.25) is 9.48 Å². The minimum Gasteiger partial charge on any atom is -0.298 e. The molecule has 0 N–H and O–H groups in total. The molecule has 0 aromatic carbocycles. The average Bonchev–Trinajstić information content (AvgIpc) is 2.53. The van der Waals surface area contributed by atoms with Gasteiger partial charge in [-0.25, -0.2) is 0 Å². The minimum absolute atomic E-state index is 0.626. The second-order valence-electron chi connectivity index (χ2n) is 2.55. The zero-order valence-corrected chi connectivity index (χ0v) is 7.50. The molecule has 0 spiro atoms. The molecule has 1 heterocycles. The Hall–Kier alpha value is -0.830. The number of carbonyl (C=O) groups is 1. The summed E-state index contributed by atoms with van der Waals surface area (Å²) >= 11 is 5.51. The fraction of sp³-hybridized carbons (Fsp3) is 0.500. The van der Waals surface area contributed by atoms with E-state index in [1.165, 1.54) is 0 Å². The predicted molar refractivity (Wildman–Crippen MR) is 47.6 cm³/mol. The highest BCUT2D eigenvalue weighted by atomic mass is 35.5. The molecule has 0 amide bonds. The lowest BCUT2D eigenvalue weighted by atomic mass is 10.3. The number of alkyl halides is 1. The first-order chi connectivity index (χ1) is 5.86. The second-order valence-corrected chi connectivity index (χ2v) is 2.93. The van der Waals surface area contributed by atoms with Crippen LogP contribution in [0.1, 0.15) is 23.2 Å². The monoisotopic (exact) mass is 186 g/mol. The summed E-state index contributed by atoms with van der Waals surface area (Å²) in [5.74, 6) is 0.682. The molecule has 0 saturated carbocycles. The molecule has 12 heavy (non-hydrogen) atoms. The van der Waals surface area contributed by atoms with Crippen molar-refractivity contribution >= 4 is 17.9 Å². The second kappa shape index (κ2) is 4.93. The van der Waals surface area contributed by atoms with Crippen molar-refractivity contribution in [2.45, 2.75) is 19.4 Å². The number of carbonyl (C=O) groups excluding carboxylic acids is 1. The molecule has 1 rings (SSSR count). The molecule has 0 fully saturated rings. The molecule has 0 aliphatic rings. The van der Waals surface area contributed by atoms with Crippen molar-refractivity contribution in [2.75, 3.05) is 5.88 Å². The predicted octanol–water partition coefficient (Wildman–Crippen LogP) is 1.71. The topological polar surface area (TPSA) is 34.9 Å². The van der Waals surface area contributed by atoms with Gasteiger partial charge in [0, 0.05) is 18.6 Å². The van der Waals surface area contributed by atoms with Gasteiger partial charge in [-0.2, -0.15) is 5.10 Å². The van der Waals surface area contributed by atoms with Crippen LogP contribution >= 0.6 is 11.6 Å². The highest BCUT2D eigenvalue weighted by molar-refractivity contribution is 6.17. The van der Waals surface area contributed by atoms with E-state index < -0.39 is 0 Å². The molecule has 0 bridgehead atoms. The lowest BCUT2D eigenvalue weighted by Gasteiger charge is -1.97. The number of nitrogens with zero attached hydrogens (tertiary/aromatic N) is 2. The smallest absolute Gasteiger partial charge is 0.153 e. The fourth-order valence-electron chi connectivity index (χ4n) is 0.931. The average molecular weight is 187 g/mol. The van der Waals surface area contributed by atoms with Crippen molar-refractivity contribution in [2.24, 2.45) is 0 Å². The van der Waals surface area contributed by atoms with Crippen molar-refractivity contribution in [3.63, 3.8) is 0 Å². The van der Waals surface area contributed by atoms with Gasteiger partial charge in [0.05, 0.1) is 11.8 Å². The van der Waals surface area contributed by atoms with Gasteiger partial charge in [-0.1, -0.05) is 0 Å². The van der Waals surface area contributed by atoms with Crippen LogP contribution in [-0.4, -0.2) is 21.9 Å². The van der Waals surface area contributed by atoms with Crippen molar-refractivity contribution in [3.05, 3.63) is 18.0 Å². The van der Waals surface area contributed by atoms with Crippen LogP contribution in [0.2, 0.25) is 0 Å². The van der Waals surface area contributed by atoms with Crippen LogP contribution in [0.25, 0.3) is 0 Å². The van der Waals surface area contributed by atoms with Crippen molar-refractivity contribution in [1.82, 2.24) is 9.78 Å². The van der Waals surface area contributed by atoms with Gasteiger partial charge in [-0.05, 0) is 12.8 Å². The first kappa shape index (κ1) is 9.26. The Morgan fingerprint density at radius 2 is 2.42 bits per heavy atom. The summed E-state index contributed by atoms with van der Waals surface area (Å²) in [4.78, 5) is 10.3. The molecule has 0 atom stereocenters. The molecule has 0 aliphatic carbocycles. The molecule has 1 aromatic heterocycles. The van der Waals surface area contributed by atoms with E-state index in [4.69, 9.17) is 11.6 Å². The van der Waals surface area contributed by atoms with Gasteiger partial charge in [0.15, 0.2) is 6.29 Å². The Bertz CT molecular complexity index is 247. The first-order valence-electron chi connectivity index (χ1n) is 3.90. The van der Waals surface area contributed by atoms with E-state index in [2.05, 4.69) is 5.10 Å². The summed E-state index contributed by atoms with van der Waals surface area (Å²) in [6.45, 7) is 0.834. The van der Waals surface area contributed by atoms with Crippen LogP contribution in [-0.2, 0) is 6.54 Å². The summed E-state index contributed by atoms with van der Waals surface area (Å²) in [6.07, 6.45) is 6.08. The van der Waals surface area contributed by atoms with Crippen LogP contribution in [0.15, 0.2) is 12.4 Å². The maximum atomic E-state index is 10.3. The number of rotatable bonds is 5.